The maximum Gasteiger partial charge on any atom is 0.349 e. The number of nitrogens with two attached hydrogens (primary N) is 1. The van der Waals surface area contributed by atoms with Gasteiger partial charge in [0.1, 0.15) is 29.0 Å². The molecule has 7 nitrogen and oxygen atoms in total. The number of methoxy groups -OCH3 is 1. The number of nitriles is 1. The average Bonchev–Trinajstić information content (AvgIpc) is 2.82. The summed E-state index contributed by atoms with van der Waals surface area (Å²) in [7, 11) is 1.50. The van der Waals surface area contributed by atoms with Gasteiger partial charge in [-0.3, -0.25) is 0 Å². The molecule has 0 spiro atoms. The maximum absolute atomic E-state index is 14.5. The summed E-state index contributed by atoms with van der Waals surface area (Å²) in [6.45, 7) is -0.350. The van der Waals surface area contributed by atoms with E-state index in [0.29, 0.717) is 17.1 Å². The van der Waals surface area contributed by atoms with Gasteiger partial charge in [0.15, 0.2) is 18.1 Å². The Balaban J connectivity index is 1.55. The summed E-state index contributed by atoms with van der Waals surface area (Å²) < 4.78 is 36.1. The molecule has 0 radical (unpaired) electrons. The number of hydrogen-bond donors (Lipinski definition) is 1. The minimum atomic E-state index is -0.751. The highest BCUT2D eigenvalue weighted by molar-refractivity contribution is 5.74. The van der Waals surface area contributed by atoms with Gasteiger partial charge in [-0.05, 0) is 24.3 Å². The Hall–Kier alpha value is -4.51. The zero-order chi connectivity index (χ0) is 23.4. The van der Waals surface area contributed by atoms with Crippen molar-refractivity contribution < 1.29 is 28.1 Å². The standard InChI is InChI=1S/C25H19FN2O5/c1-30-20-8-4-5-9-21(20)31-14-23(29)32-15-10-11-17-22(12-15)33-25(28)18(13-27)24(17)16-6-2-3-7-19(16)26/h2-12,24H,14,28H2,1H3. The molecule has 2 N–H and O–H groups in total. The first kappa shape index (κ1) is 21.7. The van der Waals surface area contributed by atoms with E-state index >= 15 is 0 Å². The van der Waals surface area contributed by atoms with Gasteiger partial charge in [0.2, 0.25) is 5.88 Å². The molecule has 0 aliphatic carbocycles. The van der Waals surface area contributed by atoms with Crippen LogP contribution in [0.4, 0.5) is 4.39 Å². The predicted molar refractivity (Wildman–Crippen MR) is 116 cm³/mol. The topological polar surface area (TPSA) is 104 Å². The minimum Gasteiger partial charge on any atom is -0.493 e. The Kier molecular flexibility index (Phi) is 6.13. The predicted octanol–water partition coefficient (Wildman–Crippen LogP) is 4.04. The van der Waals surface area contributed by atoms with Crippen LogP contribution < -0.4 is 24.7 Å². The first-order valence-corrected chi connectivity index (χ1v) is 9.94. The average molecular weight is 446 g/mol. The monoisotopic (exact) mass is 446 g/mol. The van der Waals surface area contributed by atoms with Crippen molar-refractivity contribution >= 4 is 5.97 Å². The van der Waals surface area contributed by atoms with Gasteiger partial charge in [0, 0.05) is 17.2 Å². The summed E-state index contributed by atoms with van der Waals surface area (Å²) in [5.41, 5.74) is 6.86. The van der Waals surface area contributed by atoms with Gasteiger partial charge in [-0.15, -0.1) is 0 Å². The molecule has 1 aliphatic rings. The van der Waals surface area contributed by atoms with Crippen LogP contribution in [-0.2, 0) is 4.79 Å². The van der Waals surface area contributed by atoms with Crippen molar-refractivity contribution in [3.63, 3.8) is 0 Å². The molecule has 8 heteroatoms. The van der Waals surface area contributed by atoms with Crippen molar-refractivity contribution in [3.8, 4) is 29.1 Å². The molecule has 1 aliphatic heterocycles. The number of esters is 1. The second-order valence-corrected chi connectivity index (χ2v) is 7.06. The van der Waals surface area contributed by atoms with Crippen LogP contribution in [0.25, 0.3) is 0 Å². The highest BCUT2D eigenvalue weighted by Crippen LogP contribution is 2.44. The number of fused-ring (bicyclic) bond motifs is 1. The molecule has 1 heterocycles. The lowest BCUT2D eigenvalue weighted by Gasteiger charge is -2.27. The van der Waals surface area contributed by atoms with Crippen molar-refractivity contribution in [3.05, 3.63) is 95.1 Å². The van der Waals surface area contributed by atoms with E-state index in [9.17, 15) is 14.4 Å². The van der Waals surface area contributed by atoms with Gasteiger partial charge in [-0.1, -0.05) is 36.4 Å². The molecule has 3 aromatic rings. The van der Waals surface area contributed by atoms with Gasteiger partial charge in [0.25, 0.3) is 0 Å². The number of carbonyl (C=O) groups excluding carboxylic acids is 1. The Morgan fingerprint density at radius 3 is 2.55 bits per heavy atom. The van der Waals surface area contributed by atoms with Gasteiger partial charge in [-0.2, -0.15) is 5.26 Å². The number of benzene rings is 3. The third-order valence-electron chi connectivity index (χ3n) is 5.05. The second-order valence-electron chi connectivity index (χ2n) is 7.06. The lowest BCUT2D eigenvalue weighted by molar-refractivity contribution is -0.136. The molecule has 1 unspecified atom stereocenters. The number of nitrogens with zero attached hydrogens (tertiary/aromatic N) is 1. The summed E-state index contributed by atoms with van der Waals surface area (Å²) in [6.07, 6.45) is 0. The van der Waals surface area contributed by atoms with E-state index in [1.54, 1.807) is 48.5 Å². The molecule has 0 amide bonds. The molecule has 0 bridgehead atoms. The van der Waals surface area contributed by atoms with Crippen LogP contribution in [0, 0.1) is 17.1 Å². The van der Waals surface area contributed by atoms with Crippen LogP contribution >= 0.6 is 0 Å². The van der Waals surface area contributed by atoms with E-state index < -0.39 is 17.7 Å². The van der Waals surface area contributed by atoms with E-state index in [2.05, 4.69) is 0 Å². The summed E-state index contributed by atoms with van der Waals surface area (Å²) in [4.78, 5) is 12.3. The van der Waals surface area contributed by atoms with Crippen molar-refractivity contribution in [1.82, 2.24) is 0 Å². The Bertz CT molecular complexity index is 1280. The maximum atomic E-state index is 14.5. The number of carbonyl (C=O) groups is 1. The molecular weight excluding hydrogens is 427 g/mol. The summed E-state index contributed by atoms with van der Waals surface area (Å²) in [6, 6.07) is 19.7. The Morgan fingerprint density at radius 1 is 1.09 bits per heavy atom. The Labute approximate surface area is 189 Å². The molecule has 0 saturated carbocycles. The van der Waals surface area contributed by atoms with Crippen LogP contribution in [0.2, 0.25) is 0 Å². The summed E-state index contributed by atoms with van der Waals surface area (Å²) >= 11 is 0. The SMILES string of the molecule is COc1ccccc1OCC(=O)Oc1ccc2c(c1)OC(N)=C(C#N)C2c1ccccc1F. The molecule has 3 aromatic carbocycles. The molecule has 1 atom stereocenters. The quantitative estimate of drug-likeness (QED) is 0.450. The van der Waals surface area contributed by atoms with E-state index in [1.807, 2.05) is 6.07 Å². The Morgan fingerprint density at radius 2 is 1.82 bits per heavy atom. The van der Waals surface area contributed by atoms with E-state index in [0.717, 1.165) is 0 Å². The number of para-hydroxylation sites is 2. The van der Waals surface area contributed by atoms with Crippen molar-refractivity contribution in [2.75, 3.05) is 13.7 Å². The van der Waals surface area contributed by atoms with E-state index in [-0.39, 0.29) is 35.1 Å². The molecule has 33 heavy (non-hydrogen) atoms. The molecule has 0 aromatic heterocycles. The fourth-order valence-corrected chi connectivity index (χ4v) is 3.56. The van der Waals surface area contributed by atoms with E-state index in [1.165, 1.54) is 25.3 Å². The van der Waals surface area contributed by atoms with Crippen LogP contribution in [0.5, 0.6) is 23.0 Å². The van der Waals surface area contributed by atoms with Gasteiger partial charge in [-0.25, -0.2) is 9.18 Å². The molecule has 0 saturated heterocycles. The van der Waals surface area contributed by atoms with Gasteiger partial charge >= 0.3 is 5.97 Å². The number of ether oxygens (including phenoxy) is 4. The molecule has 4 rings (SSSR count). The third-order valence-corrected chi connectivity index (χ3v) is 5.05. The highest BCUT2D eigenvalue weighted by Gasteiger charge is 2.32. The lowest BCUT2D eigenvalue weighted by Crippen LogP contribution is -2.22. The van der Waals surface area contributed by atoms with Crippen molar-refractivity contribution in [1.29, 1.82) is 5.26 Å². The smallest absolute Gasteiger partial charge is 0.349 e. The fraction of sp³-hybridized carbons (Fsp3) is 0.120. The molecule has 0 fully saturated rings. The fourth-order valence-electron chi connectivity index (χ4n) is 3.56. The van der Waals surface area contributed by atoms with Crippen molar-refractivity contribution in [2.24, 2.45) is 5.73 Å². The normalized spacial score (nSPS) is 14.5. The highest BCUT2D eigenvalue weighted by atomic mass is 19.1. The van der Waals surface area contributed by atoms with Gasteiger partial charge < -0.3 is 24.7 Å². The number of rotatable bonds is 6. The number of hydrogen-bond acceptors (Lipinski definition) is 7. The molecular formula is C25H19FN2O5. The first-order chi connectivity index (χ1) is 16.0. The number of allylic oxidation sites excluding steroid dienone is 1. The van der Waals surface area contributed by atoms with Crippen LogP contribution in [0.1, 0.15) is 17.0 Å². The minimum absolute atomic E-state index is 0.0996. The summed E-state index contributed by atoms with van der Waals surface area (Å²) in [5.74, 6) is -0.676. The zero-order valence-electron chi connectivity index (χ0n) is 17.6. The third kappa shape index (κ3) is 4.43. The van der Waals surface area contributed by atoms with Crippen LogP contribution in [0.15, 0.2) is 78.2 Å². The number of halogens is 1. The largest absolute Gasteiger partial charge is 0.493 e. The van der Waals surface area contributed by atoms with E-state index in [4.69, 9.17) is 24.7 Å². The van der Waals surface area contributed by atoms with Crippen LogP contribution in [0.3, 0.4) is 0 Å². The first-order valence-electron chi connectivity index (χ1n) is 9.94. The second kappa shape index (κ2) is 9.32. The zero-order valence-corrected chi connectivity index (χ0v) is 17.6. The van der Waals surface area contributed by atoms with Gasteiger partial charge in [0.05, 0.1) is 13.0 Å². The summed E-state index contributed by atoms with van der Waals surface area (Å²) in [5, 5.41) is 9.59. The van der Waals surface area contributed by atoms with Crippen LogP contribution in [-0.4, -0.2) is 19.7 Å². The molecule has 166 valence electrons. The lowest BCUT2D eigenvalue weighted by atomic mass is 9.83. The van der Waals surface area contributed by atoms with Crippen molar-refractivity contribution in [2.45, 2.75) is 5.92 Å².